The fraction of sp³-hybridized carbons (Fsp3) is 0.500. The maximum absolute atomic E-state index is 13.0. The molecule has 1 amide bonds. The van der Waals surface area contributed by atoms with E-state index in [9.17, 15) is 14.3 Å². The second kappa shape index (κ2) is 6.52. The number of hydrogen-bond acceptors (Lipinski definition) is 3. The molecular formula is C14H18FNO3. The molecule has 1 atom stereocenters. The van der Waals surface area contributed by atoms with E-state index < -0.39 is 5.82 Å². The van der Waals surface area contributed by atoms with Gasteiger partial charge in [-0.1, -0.05) is 0 Å². The first-order valence-corrected chi connectivity index (χ1v) is 6.50. The third kappa shape index (κ3) is 4.52. The molecule has 104 valence electrons. The number of amides is 1. The first-order chi connectivity index (χ1) is 9.13. The van der Waals surface area contributed by atoms with Gasteiger partial charge in [0.15, 0.2) is 0 Å². The number of carbonyl (C=O) groups is 1. The SMILES string of the molecule is O=C(CC[C@@H]1CCCOC1)Nc1cc(O)cc(F)c1. The molecule has 1 fully saturated rings. The van der Waals surface area contributed by atoms with Gasteiger partial charge in [0.25, 0.3) is 0 Å². The fourth-order valence-corrected chi connectivity index (χ4v) is 2.24. The zero-order valence-electron chi connectivity index (χ0n) is 10.7. The molecule has 1 aromatic rings. The van der Waals surface area contributed by atoms with Crippen molar-refractivity contribution < 1.29 is 19.0 Å². The maximum Gasteiger partial charge on any atom is 0.224 e. The Bertz CT molecular complexity index is 424. The van der Waals surface area contributed by atoms with E-state index in [-0.39, 0.29) is 17.3 Å². The highest BCUT2D eigenvalue weighted by Gasteiger charge is 2.15. The first-order valence-electron chi connectivity index (χ1n) is 6.50. The number of nitrogens with one attached hydrogen (secondary N) is 1. The van der Waals surface area contributed by atoms with Gasteiger partial charge in [-0.15, -0.1) is 0 Å². The molecule has 0 aromatic heterocycles. The summed E-state index contributed by atoms with van der Waals surface area (Å²) in [5, 5.41) is 11.8. The van der Waals surface area contributed by atoms with Crippen LogP contribution in [-0.4, -0.2) is 24.2 Å². The number of phenols is 1. The highest BCUT2D eigenvalue weighted by Crippen LogP contribution is 2.21. The lowest BCUT2D eigenvalue weighted by Gasteiger charge is -2.21. The Morgan fingerprint density at radius 2 is 2.32 bits per heavy atom. The monoisotopic (exact) mass is 267 g/mol. The van der Waals surface area contributed by atoms with Gasteiger partial charge in [0.2, 0.25) is 5.91 Å². The molecule has 1 saturated heterocycles. The highest BCUT2D eigenvalue weighted by atomic mass is 19.1. The van der Waals surface area contributed by atoms with Crippen LogP contribution in [0.15, 0.2) is 18.2 Å². The molecule has 4 nitrogen and oxygen atoms in total. The predicted molar refractivity (Wildman–Crippen MR) is 69.5 cm³/mol. The number of aromatic hydroxyl groups is 1. The fourth-order valence-electron chi connectivity index (χ4n) is 2.24. The number of carbonyl (C=O) groups excluding carboxylic acids is 1. The van der Waals surface area contributed by atoms with E-state index in [4.69, 9.17) is 4.74 Å². The predicted octanol–water partition coefficient (Wildman–Crippen LogP) is 2.68. The molecule has 0 saturated carbocycles. The molecule has 0 aliphatic carbocycles. The van der Waals surface area contributed by atoms with Crippen molar-refractivity contribution in [3.63, 3.8) is 0 Å². The van der Waals surface area contributed by atoms with Crippen molar-refractivity contribution in [3.8, 4) is 5.75 Å². The quantitative estimate of drug-likeness (QED) is 0.881. The summed E-state index contributed by atoms with van der Waals surface area (Å²) in [6, 6.07) is 3.50. The van der Waals surface area contributed by atoms with E-state index in [1.54, 1.807) is 0 Å². The van der Waals surface area contributed by atoms with E-state index >= 15 is 0 Å². The van der Waals surface area contributed by atoms with Gasteiger partial charge in [-0.25, -0.2) is 4.39 Å². The Hall–Kier alpha value is -1.62. The summed E-state index contributed by atoms with van der Waals surface area (Å²) < 4.78 is 18.4. The Labute approximate surface area is 111 Å². The summed E-state index contributed by atoms with van der Waals surface area (Å²) in [7, 11) is 0. The molecule has 19 heavy (non-hydrogen) atoms. The normalized spacial score (nSPS) is 19.1. The van der Waals surface area contributed by atoms with Crippen LogP contribution in [0.3, 0.4) is 0 Å². The largest absolute Gasteiger partial charge is 0.508 e. The lowest BCUT2D eigenvalue weighted by Crippen LogP contribution is -2.20. The Kier molecular flexibility index (Phi) is 4.74. The third-order valence-corrected chi connectivity index (χ3v) is 3.20. The summed E-state index contributed by atoms with van der Waals surface area (Å²) in [6.07, 6.45) is 3.29. The van der Waals surface area contributed by atoms with E-state index in [1.807, 2.05) is 0 Å². The van der Waals surface area contributed by atoms with Gasteiger partial charge in [-0.3, -0.25) is 4.79 Å². The third-order valence-electron chi connectivity index (χ3n) is 3.20. The van der Waals surface area contributed by atoms with Crippen LogP contribution in [0.25, 0.3) is 0 Å². The zero-order chi connectivity index (χ0) is 13.7. The van der Waals surface area contributed by atoms with Crippen molar-refractivity contribution in [3.05, 3.63) is 24.0 Å². The molecule has 0 radical (unpaired) electrons. The van der Waals surface area contributed by atoms with Gasteiger partial charge in [0, 0.05) is 37.5 Å². The average molecular weight is 267 g/mol. The van der Waals surface area contributed by atoms with Crippen LogP contribution in [0.1, 0.15) is 25.7 Å². The minimum atomic E-state index is -0.573. The van der Waals surface area contributed by atoms with Crippen molar-refractivity contribution >= 4 is 11.6 Å². The molecule has 1 aliphatic heterocycles. The number of halogens is 1. The minimum absolute atomic E-state index is 0.171. The van der Waals surface area contributed by atoms with Crippen LogP contribution in [0, 0.1) is 11.7 Å². The smallest absolute Gasteiger partial charge is 0.224 e. The lowest BCUT2D eigenvalue weighted by atomic mass is 9.97. The maximum atomic E-state index is 13.0. The zero-order valence-corrected chi connectivity index (χ0v) is 10.7. The molecule has 1 aromatic carbocycles. The van der Waals surface area contributed by atoms with Crippen molar-refractivity contribution in [1.82, 2.24) is 0 Å². The Balaban J connectivity index is 1.80. The van der Waals surface area contributed by atoms with Gasteiger partial charge >= 0.3 is 0 Å². The van der Waals surface area contributed by atoms with Crippen molar-refractivity contribution in [2.75, 3.05) is 18.5 Å². The second-order valence-electron chi connectivity index (χ2n) is 4.87. The lowest BCUT2D eigenvalue weighted by molar-refractivity contribution is -0.116. The molecule has 1 heterocycles. The van der Waals surface area contributed by atoms with Crippen LogP contribution < -0.4 is 5.32 Å². The van der Waals surface area contributed by atoms with E-state index in [0.29, 0.717) is 18.9 Å². The van der Waals surface area contributed by atoms with Gasteiger partial charge in [0.05, 0.1) is 0 Å². The summed E-state index contributed by atoms with van der Waals surface area (Å²) in [5.41, 5.74) is 0.280. The molecule has 0 spiro atoms. The second-order valence-corrected chi connectivity index (χ2v) is 4.87. The van der Waals surface area contributed by atoms with Crippen molar-refractivity contribution in [2.45, 2.75) is 25.7 Å². The standard InChI is InChI=1S/C14H18FNO3/c15-11-6-12(8-13(17)7-11)16-14(18)4-3-10-2-1-5-19-9-10/h6-8,10,17H,1-5,9H2,(H,16,18)/t10-/m0/s1. The van der Waals surface area contributed by atoms with Crippen LogP contribution in [0.5, 0.6) is 5.75 Å². The Morgan fingerprint density at radius 3 is 3.00 bits per heavy atom. The molecule has 2 rings (SSSR count). The number of hydrogen-bond donors (Lipinski definition) is 2. The number of rotatable bonds is 4. The van der Waals surface area contributed by atoms with E-state index in [2.05, 4.69) is 5.32 Å². The summed E-state index contributed by atoms with van der Waals surface area (Å²) in [5.74, 6) is -0.511. The number of phenolic OH excluding ortho intramolecular Hbond substituents is 1. The van der Waals surface area contributed by atoms with Crippen LogP contribution in [-0.2, 0) is 9.53 Å². The summed E-state index contributed by atoms with van der Waals surface area (Å²) in [4.78, 5) is 11.7. The summed E-state index contributed by atoms with van der Waals surface area (Å²) >= 11 is 0. The topological polar surface area (TPSA) is 58.6 Å². The van der Waals surface area contributed by atoms with Crippen LogP contribution >= 0.6 is 0 Å². The van der Waals surface area contributed by atoms with Crippen LogP contribution in [0.2, 0.25) is 0 Å². The molecule has 5 heteroatoms. The molecule has 1 aliphatic rings. The van der Waals surface area contributed by atoms with Gasteiger partial charge in [-0.05, 0) is 31.2 Å². The van der Waals surface area contributed by atoms with E-state index in [1.165, 1.54) is 12.1 Å². The van der Waals surface area contributed by atoms with Gasteiger partial charge < -0.3 is 15.2 Å². The highest BCUT2D eigenvalue weighted by molar-refractivity contribution is 5.90. The van der Waals surface area contributed by atoms with Gasteiger partial charge in [0.1, 0.15) is 11.6 Å². The number of benzene rings is 1. The molecular weight excluding hydrogens is 249 g/mol. The van der Waals surface area contributed by atoms with Crippen LogP contribution in [0.4, 0.5) is 10.1 Å². The van der Waals surface area contributed by atoms with Crippen molar-refractivity contribution in [1.29, 1.82) is 0 Å². The molecule has 0 bridgehead atoms. The molecule has 2 N–H and O–H groups in total. The first kappa shape index (κ1) is 13.8. The average Bonchev–Trinajstić information content (AvgIpc) is 2.36. The minimum Gasteiger partial charge on any atom is -0.508 e. The Morgan fingerprint density at radius 1 is 1.47 bits per heavy atom. The number of anilines is 1. The molecule has 0 unspecified atom stereocenters. The number of ether oxygens (including phenoxy) is 1. The van der Waals surface area contributed by atoms with Gasteiger partial charge in [-0.2, -0.15) is 0 Å². The summed E-state index contributed by atoms with van der Waals surface area (Å²) in [6.45, 7) is 1.53. The van der Waals surface area contributed by atoms with Crippen molar-refractivity contribution in [2.24, 2.45) is 5.92 Å². The van der Waals surface area contributed by atoms with E-state index in [0.717, 1.165) is 31.9 Å².